The van der Waals surface area contributed by atoms with E-state index in [0.29, 0.717) is 92.8 Å². The second kappa shape index (κ2) is 12.6. The molecule has 3 aliphatic rings. The number of hydrogen-bond donors (Lipinski definition) is 1. The second-order valence-corrected chi connectivity index (χ2v) is 11.1. The first-order chi connectivity index (χ1) is 21.8. The van der Waals surface area contributed by atoms with Gasteiger partial charge in [-0.25, -0.2) is 15.0 Å². The van der Waals surface area contributed by atoms with Gasteiger partial charge in [0.25, 0.3) is 6.02 Å². The SMILES string of the molecule is CCC1CC(Nc2ncc(N3CCOCC3)c(Cc3cc(C#N)cc(C#N)c3)n2)c2cc(C(F)(F)F)ccc2N1C1=NCCO1. The van der Waals surface area contributed by atoms with E-state index < -0.39 is 17.8 Å². The molecule has 0 saturated carbocycles. The summed E-state index contributed by atoms with van der Waals surface area (Å²) in [4.78, 5) is 18.0. The Labute approximate surface area is 258 Å². The molecule has 0 aliphatic carbocycles. The van der Waals surface area contributed by atoms with Gasteiger partial charge in [-0.05, 0) is 60.4 Å². The van der Waals surface area contributed by atoms with Gasteiger partial charge in [0.1, 0.15) is 6.61 Å². The van der Waals surface area contributed by atoms with Gasteiger partial charge in [0.2, 0.25) is 5.95 Å². The number of fused-ring (bicyclic) bond motifs is 1. The third-order valence-electron chi connectivity index (χ3n) is 8.23. The van der Waals surface area contributed by atoms with Gasteiger partial charge in [0.05, 0.1) is 77.9 Å². The first kappa shape index (κ1) is 30.2. The number of nitriles is 2. The van der Waals surface area contributed by atoms with Crippen LogP contribution in [0.25, 0.3) is 0 Å². The van der Waals surface area contributed by atoms with Crippen LogP contribution >= 0.6 is 0 Å². The molecule has 4 heterocycles. The van der Waals surface area contributed by atoms with Gasteiger partial charge in [-0.15, -0.1) is 0 Å². The molecule has 45 heavy (non-hydrogen) atoms. The predicted octanol–water partition coefficient (Wildman–Crippen LogP) is 5.19. The Hall–Kier alpha value is -4.88. The number of nitrogens with one attached hydrogen (secondary N) is 1. The topological polar surface area (TPSA) is 123 Å². The van der Waals surface area contributed by atoms with Crippen molar-refractivity contribution >= 4 is 23.3 Å². The molecule has 0 amide bonds. The molecule has 1 saturated heterocycles. The van der Waals surface area contributed by atoms with E-state index in [1.54, 1.807) is 18.3 Å². The molecule has 10 nitrogen and oxygen atoms in total. The Morgan fingerprint density at radius 2 is 1.78 bits per heavy atom. The van der Waals surface area contributed by atoms with Crippen LogP contribution < -0.4 is 15.1 Å². The average molecular weight is 617 g/mol. The zero-order valence-corrected chi connectivity index (χ0v) is 24.6. The smallest absolute Gasteiger partial charge is 0.416 e. The lowest BCUT2D eigenvalue weighted by Gasteiger charge is -2.41. The van der Waals surface area contributed by atoms with Crippen LogP contribution in [0, 0.1) is 22.7 Å². The number of nitrogens with zero attached hydrogens (tertiary/aromatic N) is 7. The Morgan fingerprint density at radius 1 is 1.02 bits per heavy atom. The van der Waals surface area contributed by atoms with Crippen molar-refractivity contribution in [3.8, 4) is 12.1 Å². The highest BCUT2D eigenvalue weighted by molar-refractivity contribution is 5.95. The summed E-state index contributed by atoms with van der Waals surface area (Å²) in [5.41, 5.74) is 3.24. The zero-order chi connectivity index (χ0) is 31.6. The van der Waals surface area contributed by atoms with Crippen molar-refractivity contribution in [2.24, 2.45) is 4.99 Å². The summed E-state index contributed by atoms with van der Waals surface area (Å²) >= 11 is 0. The van der Waals surface area contributed by atoms with E-state index in [-0.39, 0.29) is 12.0 Å². The summed E-state index contributed by atoms with van der Waals surface area (Å²) in [5, 5.41) is 22.4. The molecule has 6 rings (SSSR count). The van der Waals surface area contributed by atoms with E-state index >= 15 is 0 Å². The van der Waals surface area contributed by atoms with Crippen molar-refractivity contribution in [1.82, 2.24) is 9.97 Å². The summed E-state index contributed by atoms with van der Waals surface area (Å²) in [5.74, 6) is 0.269. The molecule has 0 bridgehead atoms. The maximum Gasteiger partial charge on any atom is 0.416 e. The number of hydrogen-bond acceptors (Lipinski definition) is 10. The summed E-state index contributed by atoms with van der Waals surface area (Å²) in [6, 6.07) is 12.8. The summed E-state index contributed by atoms with van der Waals surface area (Å²) in [6.45, 7) is 5.33. The lowest BCUT2D eigenvalue weighted by Crippen LogP contribution is -2.46. The molecule has 1 aromatic heterocycles. The van der Waals surface area contributed by atoms with E-state index in [1.807, 2.05) is 11.8 Å². The third-order valence-corrected chi connectivity index (χ3v) is 8.23. The number of alkyl halides is 3. The fourth-order valence-corrected chi connectivity index (χ4v) is 6.10. The van der Waals surface area contributed by atoms with Crippen LogP contribution in [0.15, 0.2) is 47.6 Å². The molecular formula is C32H31F3N8O2. The molecule has 2 atom stereocenters. The lowest BCUT2D eigenvalue weighted by molar-refractivity contribution is -0.137. The number of benzene rings is 2. The first-order valence-corrected chi connectivity index (χ1v) is 14.8. The van der Waals surface area contributed by atoms with E-state index in [2.05, 4.69) is 32.3 Å². The number of aliphatic imine (C=N–C) groups is 1. The van der Waals surface area contributed by atoms with Crippen molar-refractivity contribution < 1.29 is 22.6 Å². The van der Waals surface area contributed by atoms with E-state index in [4.69, 9.17) is 14.5 Å². The predicted molar refractivity (Wildman–Crippen MR) is 161 cm³/mol. The van der Waals surface area contributed by atoms with Crippen LogP contribution in [-0.4, -0.2) is 61.5 Å². The number of ether oxygens (including phenoxy) is 2. The summed E-state index contributed by atoms with van der Waals surface area (Å²) in [7, 11) is 0. The second-order valence-electron chi connectivity index (χ2n) is 11.1. The van der Waals surface area contributed by atoms with Crippen molar-refractivity contribution in [3.63, 3.8) is 0 Å². The Morgan fingerprint density at radius 3 is 2.42 bits per heavy atom. The molecule has 0 radical (unpaired) electrons. The van der Waals surface area contributed by atoms with Crippen LogP contribution in [0.1, 0.15) is 59.3 Å². The van der Waals surface area contributed by atoms with Gasteiger partial charge in [0.15, 0.2) is 0 Å². The summed E-state index contributed by atoms with van der Waals surface area (Å²) < 4.78 is 52.9. The third kappa shape index (κ3) is 6.35. The highest BCUT2D eigenvalue weighted by atomic mass is 19.4. The fraction of sp³-hybridized carbons (Fsp3) is 0.406. The highest BCUT2D eigenvalue weighted by Gasteiger charge is 2.39. The van der Waals surface area contributed by atoms with Crippen LogP contribution in [0.2, 0.25) is 0 Å². The van der Waals surface area contributed by atoms with Gasteiger partial charge >= 0.3 is 6.18 Å². The van der Waals surface area contributed by atoms with Crippen LogP contribution in [0.5, 0.6) is 0 Å². The molecule has 1 N–H and O–H groups in total. The molecule has 13 heteroatoms. The van der Waals surface area contributed by atoms with Gasteiger partial charge in [-0.2, -0.15) is 23.7 Å². The zero-order valence-electron chi connectivity index (χ0n) is 24.6. The maximum atomic E-state index is 13.9. The number of morpholine rings is 1. The minimum absolute atomic E-state index is 0.0891. The van der Waals surface area contributed by atoms with Gasteiger partial charge < -0.3 is 19.7 Å². The van der Waals surface area contributed by atoms with E-state index in [1.165, 1.54) is 18.2 Å². The lowest BCUT2D eigenvalue weighted by atomic mass is 9.89. The van der Waals surface area contributed by atoms with Crippen molar-refractivity contribution in [2.45, 2.75) is 44.4 Å². The minimum Gasteiger partial charge on any atom is -0.463 e. The monoisotopic (exact) mass is 616 g/mol. The minimum atomic E-state index is -4.52. The molecule has 232 valence electrons. The molecule has 1 fully saturated rings. The van der Waals surface area contributed by atoms with E-state index in [9.17, 15) is 23.7 Å². The maximum absolute atomic E-state index is 13.9. The average Bonchev–Trinajstić information content (AvgIpc) is 3.59. The summed E-state index contributed by atoms with van der Waals surface area (Å²) in [6.07, 6.45) is -1.31. The molecular weight excluding hydrogens is 585 g/mol. The molecule has 2 unspecified atom stereocenters. The van der Waals surface area contributed by atoms with Crippen molar-refractivity contribution in [1.29, 1.82) is 10.5 Å². The highest BCUT2D eigenvalue weighted by Crippen LogP contribution is 2.43. The molecule has 3 aromatic rings. The standard InChI is InChI=1S/C32H31F3N8O2/c1-2-24-16-26(25-15-23(32(33,34)35)3-4-28(25)43(24)31-38-5-8-45-31)40-30-39-19-29(42-6-9-44-10-7-42)27(41-30)14-20-11-21(17-36)13-22(12-20)18-37/h3-4,11-13,15,19,24,26H,2,5-10,14,16H2,1H3,(H,39,40,41). The number of anilines is 3. The van der Waals surface area contributed by atoms with Crippen LogP contribution in [0.4, 0.5) is 30.5 Å². The van der Waals surface area contributed by atoms with Crippen molar-refractivity contribution in [3.05, 3.63) is 76.1 Å². The Kier molecular flexibility index (Phi) is 8.46. The first-order valence-electron chi connectivity index (χ1n) is 14.8. The largest absolute Gasteiger partial charge is 0.463 e. The normalized spacial score (nSPS) is 19.6. The molecule has 0 spiro atoms. The van der Waals surface area contributed by atoms with Gasteiger partial charge in [0, 0.05) is 25.6 Å². The number of rotatable bonds is 6. The van der Waals surface area contributed by atoms with Crippen molar-refractivity contribution in [2.75, 3.05) is 54.6 Å². The number of amidine groups is 1. The Balaban J connectivity index is 1.39. The number of halogens is 3. The van der Waals surface area contributed by atoms with Gasteiger partial charge in [-0.3, -0.25) is 4.90 Å². The number of aromatic nitrogens is 2. The van der Waals surface area contributed by atoms with Gasteiger partial charge in [-0.1, -0.05) is 6.92 Å². The molecule has 3 aliphatic heterocycles. The Bertz CT molecular complexity index is 1660. The fourth-order valence-electron chi connectivity index (χ4n) is 6.10. The van der Waals surface area contributed by atoms with Crippen LogP contribution in [-0.2, 0) is 22.1 Å². The van der Waals surface area contributed by atoms with E-state index in [0.717, 1.165) is 17.3 Å². The molecule has 2 aromatic carbocycles. The quantitative estimate of drug-likeness (QED) is 0.398. The van der Waals surface area contributed by atoms with Crippen LogP contribution in [0.3, 0.4) is 0 Å².